The van der Waals surface area contributed by atoms with Crippen LogP contribution in [0.15, 0.2) is 29.3 Å². The number of hydrogen-bond donors (Lipinski definition) is 2. The van der Waals surface area contributed by atoms with E-state index in [4.69, 9.17) is 10.5 Å². The predicted molar refractivity (Wildman–Crippen MR) is 103 cm³/mol. The van der Waals surface area contributed by atoms with Crippen molar-refractivity contribution in [3.8, 4) is 5.75 Å². The molecule has 1 aromatic carbocycles. The van der Waals surface area contributed by atoms with Gasteiger partial charge in [-0.1, -0.05) is 31.9 Å². The van der Waals surface area contributed by atoms with E-state index in [9.17, 15) is 0 Å². The SMILES string of the molecule is COc1ccc(CCNC(N)=NCC2(C)CCCC2)cc1.I. The molecule has 0 unspecified atom stereocenters. The van der Waals surface area contributed by atoms with Gasteiger partial charge in [0.15, 0.2) is 5.96 Å². The lowest BCUT2D eigenvalue weighted by atomic mass is 9.89. The number of nitrogens with two attached hydrogens (primary N) is 1. The smallest absolute Gasteiger partial charge is 0.188 e. The Balaban J connectivity index is 0.00000242. The summed E-state index contributed by atoms with van der Waals surface area (Å²) in [4.78, 5) is 4.50. The molecular formula is C17H28IN3O. The highest BCUT2D eigenvalue weighted by molar-refractivity contribution is 14.0. The highest BCUT2D eigenvalue weighted by atomic mass is 127. The van der Waals surface area contributed by atoms with Crippen molar-refractivity contribution in [3.05, 3.63) is 29.8 Å². The Kier molecular flexibility index (Phi) is 8.00. The summed E-state index contributed by atoms with van der Waals surface area (Å²) in [5.41, 5.74) is 7.57. The van der Waals surface area contributed by atoms with E-state index in [0.29, 0.717) is 11.4 Å². The molecule has 3 N–H and O–H groups in total. The normalized spacial score (nSPS) is 16.9. The summed E-state index contributed by atoms with van der Waals surface area (Å²) in [6.07, 6.45) is 6.14. The second-order valence-corrected chi connectivity index (χ2v) is 6.24. The highest BCUT2D eigenvalue weighted by Gasteiger charge is 2.28. The first-order valence-electron chi connectivity index (χ1n) is 7.78. The minimum absolute atomic E-state index is 0. The van der Waals surface area contributed by atoms with Gasteiger partial charge in [0, 0.05) is 13.1 Å². The Labute approximate surface area is 150 Å². The first-order valence-corrected chi connectivity index (χ1v) is 7.78. The maximum atomic E-state index is 5.94. The van der Waals surface area contributed by atoms with Gasteiger partial charge in [0.2, 0.25) is 0 Å². The van der Waals surface area contributed by atoms with Crippen molar-refractivity contribution in [1.29, 1.82) is 0 Å². The van der Waals surface area contributed by atoms with Gasteiger partial charge in [0.1, 0.15) is 5.75 Å². The molecule has 4 nitrogen and oxygen atoms in total. The summed E-state index contributed by atoms with van der Waals surface area (Å²) in [7, 11) is 1.68. The third kappa shape index (κ3) is 6.02. The van der Waals surface area contributed by atoms with Crippen LogP contribution in [0.2, 0.25) is 0 Å². The Bertz CT molecular complexity index is 467. The van der Waals surface area contributed by atoms with Crippen LogP contribution in [0.5, 0.6) is 5.75 Å². The van der Waals surface area contributed by atoms with E-state index in [-0.39, 0.29) is 24.0 Å². The van der Waals surface area contributed by atoms with E-state index in [1.807, 2.05) is 12.1 Å². The van der Waals surface area contributed by atoms with Crippen LogP contribution < -0.4 is 15.8 Å². The van der Waals surface area contributed by atoms with Crippen LogP contribution in [0.25, 0.3) is 0 Å². The monoisotopic (exact) mass is 417 g/mol. The van der Waals surface area contributed by atoms with Crippen molar-refractivity contribution in [2.24, 2.45) is 16.1 Å². The molecule has 22 heavy (non-hydrogen) atoms. The van der Waals surface area contributed by atoms with Gasteiger partial charge in [-0.15, -0.1) is 24.0 Å². The Hall–Kier alpha value is -0.980. The standard InChI is InChI=1S/C17H27N3O.HI/c1-17(10-3-4-11-17)13-20-16(18)19-12-9-14-5-7-15(21-2)8-6-14;/h5-8H,3-4,9-13H2,1-2H3,(H3,18,19,20);1H. The molecule has 5 heteroatoms. The van der Waals surface area contributed by atoms with E-state index in [2.05, 4.69) is 29.4 Å². The van der Waals surface area contributed by atoms with Crippen molar-refractivity contribution in [2.45, 2.75) is 39.0 Å². The average Bonchev–Trinajstić information content (AvgIpc) is 2.93. The molecule has 2 rings (SSSR count). The third-order valence-electron chi connectivity index (χ3n) is 4.32. The van der Waals surface area contributed by atoms with Crippen molar-refractivity contribution in [2.75, 3.05) is 20.2 Å². The highest BCUT2D eigenvalue weighted by Crippen LogP contribution is 2.37. The number of aliphatic imine (C=N–C) groups is 1. The number of nitrogens with zero attached hydrogens (tertiary/aromatic N) is 1. The van der Waals surface area contributed by atoms with E-state index in [1.54, 1.807) is 7.11 Å². The second-order valence-electron chi connectivity index (χ2n) is 6.24. The molecule has 1 aliphatic rings. The number of methoxy groups -OCH3 is 1. The second kappa shape index (κ2) is 9.22. The van der Waals surface area contributed by atoms with Gasteiger partial charge < -0.3 is 15.8 Å². The molecule has 0 saturated heterocycles. The molecule has 0 spiro atoms. The fraction of sp³-hybridized carbons (Fsp3) is 0.588. The minimum atomic E-state index is 0. The quantitative estimate of drug-likeness (QED) is 0.424. The Morgan fingerprint density at radius 3 is 2.50 bits per heavy atom. The first-order chi connectivity index (χ1) is 10.1. The van der Waals surface area contributed by atoms with Gasteiger partial charge >= 0.3 is 0 Å². The molecule has 1 aromatic rings. The lowest BCUT2D eigenvalue weighted by Crippen LogP contribution is -2.34. The predicted octanol–water partition coefficient (Wildman–Crippen LogP) is 3.34. The van der Waals surface area contributed by atoms with Crippen molar-refractivity contribution in [3.63, 3.8) is 0 Å². The van der Waals surface area contributed by atoms with Gasteiger partial charge in [-0.2, -0.15) is 0 Å². The molecule has 0 heterocycles. The summed E-state index contributed by atoms with van der Waals surface area (Å²) >= 11 is 0. The molecule has 1 fully saturated rings. The van der Waals surface area contributed by atoms with Crippen LogP contribution in [0.4, 0.5) is 0 Å². The zero-order chi connectivity index (χ0) is 15.1. The van der Waals surface area contributed by atoms with E-state index in [1.165, 1.54) is 31.2 Å². The number of ether oxygens (including phenoxy) is 1. The summed E-state index contributed by atoms with van der Waals surface area (Å²) in [5.74, 6) is 1.45. The minimum Gasteiger partial charge on any atom is -0.497 e. The van der Waals surface area contributed by atoms with E-state index < -0.39 is 0 Å². The number of benzene rings is 1. The topological polar surface area (TPSA) is 59.6 Å². The summed E-state index contributed by atoms with van der Waals surface area (Å²) in [6.45, 7) is 3.96. The Morgan fingerprint density at radius 1 is 1.27 bits per heavy atom. The Morgan fingerprint density at radius 2 is 1.91 bits per heavy atom. The van der Waals surface area contributed by atoms with Gasteiger partial charge in [-0.25, -0.2) is 0 Å². The van der Waals surface area contributed by atoms with Crippen LogP contribution in [-0.4, -0.2) is 26.2 Å². The molecule has 0 bridgehead atoms. The zero-order valence-electron chi connectivity index (χ0n) is 13.6. The largest absolute Gasteiger partial charge is 0.497 e. The number of nitrogens with one attached hydrogen (secondary N) is 1. The molecule has 0 amide bonds. The molecule has 1 aliphatic carbocycles. The number of guanidine groups is 1. The average molecular weight is 417 g/mol. The maximum absolute atomic E-state index is 5.94. The molecule has 0 aromatic heterocycles. The third-order valence-corrected chi connectivity index (χ3v) is 4.32. The molecular weight excluding hydrogens is 389 g/mol. The number of halogens is 1. The van der Waals surface area contributed by atoms with Gasteiger partial charge in [0.25, 0.3) is 0 Å². The van der Waals surface area contributed by atoms with Gasteiger partial charge in [0.05, 0.1) is 7.11 Å². The number of rotatable bonds is 6. The van der Waals surface area contributed by atoms with Crippen molar-refractivity contribution >= 4 is 29.9 Å². The van der Waals surface area contributed by atoms with Crippen LogP contribution in [0.3, 0.4) is 0 Å². The molecule has 0 atom stereocenters. The van der Waals surface area contributed by atoms with Crippen molar-refractivity contribution < 1.29 is 4.74 Å². The van der Waals surface area contributed by atoms with E-state index in [0.717, 1.165) is 25.3 Å². The molecule has 1 saturated carbocycles. The van der Waals surface area contributed by atoms with Gasteiger partial charge in [-0.3, -0.25) is 4.99 Å². The lowest BCUT2D eigenvalue weighted by Gasteiger charge is -2.20. The zero-order valence-corrected chi connectivity index (χ0v) is 15.9. The fourth-order valence-corrected chi connectivity index (χ4v) is 2.85. The van der Waals surface area contributed by atoms with Gasteiger partial charge in [-0.05, 0) is 42.4 Å². The van der Waals surface area contributed by atoms with Crippen molar-refractivity contribution in [1.82, 2.24) is 5.32 Å². The molecule has 124 valence electrons. The maximum Gasteiger partial charge on any atom is 0.188 e. The summed E-state index contributed by atoms with van der Waals surface area (Å²) < 4.78 is 5.15. The van der Waals surface area contributed by atoms with E-state index >= 15 is 0 Å². The van der Waals surface area contributed by atoms with Crippen LogP contribution in [-0.2, 0) is 6.42 Å². The molecule has 0 radical (unpaired) electrons. The van der Waals surface area contributed by atoms with Crippen LogP contribution >= 0.6 is 24.0 Å². The fourth-order valence-electron chi connectivity index (χ4n) is 2.85. The molecule has 0 aliphatic heterocycles. The summed E-state index contributed by atoms with van der Waals surface area (Å²) in [5, 5.41) is 3.20. The van der Waals surface area contributed by atoms with Crippen LogP contribution in [0, 0.1) is 5.41 Å². The number of hydrogen-bond acceptors (Lipinski definition) is 2. The lowest BCUT2D eigenvalue weighted by molar-refractivity contribution is 0.351. The first kappa shape index (κ1) is 19.1. The van der Waals surface area contributed by atoms with Crippen LogP contribution in [0.1, 0.15) is 38.2 Å². The summed E-state index contributed by atoms with van der Waals surface area (Å²) in [6, 6.07) is 8.11.